The number of carboxylic acid groups (broad SMARTS) is 1. The second-order valence-corrected chi connectivity index (χ2v) is 5.38. The van der Waals surface area contributed by atoms with Crippen LogP contribution in [0.1, 0.15) is 6.92 Å². The lowest BCUT2D eigenvalue weighted by atomic mass is 10.3. The number of sulfonamides is 1. The van der Waals surface area contributed by atoms with E-state index in [0.29, 0.717) is 5.75 Å². The van der Waals surface area contributed by atoms with Gasteiger partial charge in [-0.05, 0) is 19.1 Å². The fourth-order valence-electron chi connectivity index (χ4n) is 1.34. The first-order valence-electron chi connectivity index (χ1n) is 5.29. The summed E-state index contributed by atoms with van der Waals surface area (Å²) in [6.45, 7) is 1.23. The van der Waals surface area contributed by atoms with E-state index in [1.54, 1.807) is 0 Å². The maximum atomic E-state index is 12.0. The minimum absolute atomic E-state index is 0.0736. The van der Waals surface area contributed by atoms with E-state index < -0.39 is 22.0 Å². The van der Waals surface area contributed by atoms with Crippen LogP contribution in [0.2, 0.25) is 0 Å². The molecule has 0 heterocycles. The molecule has 19 heavy (non-hydrogen) atoms. The molecule has 0 unspecified atom stereocenters. The molecule has 0 aliphatic heterocycles. The number of methoxy groups -OCH3 is 2. The van der Waals surface area contributed by atoms with Gasteiger partial charge in [0, 0.05) is 6.07 Å². The predicted molar refractivity (Wildman–Crippen MR) is 67.0 cm³/mol. The normalized spacial score (nSPS) is 12.8. The van der Waals surface area contributed by atoms with Gasteiger partial charge in [0.15, 0.2) is 0 Å². The van der Waals surface area contributed by atoms with Gasteiger partial charge in [0.05, 0.1) is 14.2 Å². The van der Waals surface area contributed by atoms with Gasteiger partial charge in [-0.25, -0.2) is 8.42 Å². The van der Waals surface area contributed by atoms with Crippen molar-refractivity contribution in [1.82, 2.24) is 4.72 Å². The molecule has 8 heteroatoms. The summed E-state index contributed by atoms with van der Waals surface area (Å²) in [4.78, 5) is 10.5. The highest BCUT2D eigenvalue weighted by atomic mass is 32.2. The average Bonchev–Trinajstić information content (AvgIpc) is 2.37. The molecule has 1 rings (SSSR count). The molecule has 0 aromatic heterocycles. The second kappa shape index (κ2) is 5.89. The van der Waals surface area contributed by atoms with E-state index in [1.165, 1.54) is 39.3 Å². The fraction of sp³-hybridized carbons (Fsp3) is 0.364. The number of benzene rings is 1. The molecule has 2 N–H and O–H groups in total. The van der Waals surface area contributed by atoms with E-state index in [-0.39, 0.29) is 10.6 Å². The summed E-state index contributed by atoms with van der Waals surface area (Å²) < 4.78 is 36.0. The number of rotatable bonds is 6. The Morgan fingerprint density at radius 3 is 2.42 bits per heavy atom. The molecule has 1 atom stereocenters. The van der Waals surface area contributed by atoms with Gasteiger partial charge in [-0.15, -0.1) is 0 Å². The maximum Gasteiger partial charge on any atom is 0.321 e. The molecule has 0 radical (unpaired) electrons. The Morgan fingerprint density at radius 2 is 1.95 bits per heavy atom. The van der Waals surface area contributed by atoms with Gasteiger partial charge >= 0.3 is 5.97 Å². The number of carboxylic acids is 1. The van der Waals surface area contributed by atoms with Crippen LogP contribution in [0.5, 0.6) is 11.5 Å². The molecule has 0 amide bonds. The van der Waals surface area contributed by atoms with Crippen LogP contribution < -0.4 is 14.2 Å². The summed E-state index contributed by atoms with van der Waals surface area (Å²) >= 11 is 0. The molecule has 0 spiro atoms. The van der Waals surface area contributed by atoms with E-state index in [1.807, 2.05) is 4.72 Å². The van der Waals surface area contributed by atoms with Crippen LogP contribution in [0, 0.1) is 0 Å². The van der Waals surface area contributed by atoms with Crippen LogP contribution in [0.15, 0.2) is 23.1 Å². The van der Waals surface area contributed by atoms with Crippen molar-refractivity contribution in [2.45, 2.75) is 17.9 Å². The van der Waals surface area contributed by atoms with Crippen molar-refractivity contribution in [3.63, 3.8) is 0 Å². The standard InChI is InChI=1S/C11H15NO6S/c1-7(11(13)14)12-19(15,16)10-5-4-8(17-2)6-9(10)18-3/h4-7,12H,1-3H3,(H,13,14)/t7-/m1/s1. The first kappa shape index (κ1) is 15.3. The summed E-state index contributed by atoms with van der Waals surface area (Å²) in [6, 6.07) is 2.90. The summed E-state index contributed by atoms with van der Waals surface area (Å²) in [5, 5.41) is 8.72. The minimum Gasteiger partial charge on any atom is -0.497 e. The average molecular weight is 289 g/mol. The highest BCUT2D eigenvalue weighted by molar-refractivity contribution is 7.89. The Bertz CT molecular complexity index is 569. The Kier molecular flexibility index (Phi) is 4.73. The number of aliphatic carboxylic acids is 1. The molecule has 1 aromatic carbocycles. The van der Waals surface area contributed by atoms with Gasteiger partial charge in [-0.3, -0.25) is 4.79 Å². The first-order valence-corrected chi connectivity index (χ1v) is 6.77. The van der Waals surface area contributed by atoms with E-state index in [0.717, 1.165) is 0 Å². The van der Waals surface area contributed by atoms with Crippen molar-refractivity contribution in [2.75, 3.05) is 14.2 Å². The molecule has 0 saturated carbocycles. The van der Waals surface area contributed by atoms with E-state index in [9.17, 15) is 13.2 Å². The molecule has 0 bridgehead atoms. The topological polar surface area (TPSA) is 102 Å². The Hall–Kier alpha value is -1.80. The third-order valence-corrected chi connectivity index (χ3v) is 3.94. The van der Waals surface area contributed by atoms with Crippen LogP contribution in [0.25, 0.3) is 0 Å². The zero-order chi connectivity index (χ0) is 14.6. The van der Waals surface area contributed by atoms with Gasteiger partial charge < -0.3 is 14.6 Å². The predicted octanol–water partition coefficient (Wildman–Crippen LogP) is 0.455. The number of carbonyl (C=O) groups is 1. The van der Waals surface area contributed by atoms with E-state index in [2.05, 4.69) is 0 Å². The Balaban J connectivity index is 3.17. The molecule has 0 aliphatic rings. The number of hydrogen-bond acceptors (Lipinski definition) is 5. The van der Waals surface area contributed by atoms with Crippen molar-refractivity contribution < 1.29 is 27.8 Å². The van der Waals surface area contributed by atoms with Crippen LogP contribution >= 0.6 is 0 Å². The van der Waals surface area contributed by atoms with Gasteiger partial charge in [0.2, 0.25) is 10.0 Å². The van der Waals surface area contributed by atoms with Crippen molar-refractivity contribution in [3.8, 4) is 11.5 Å². The van der Waals surface area contributed by atoms with Crippen molar-refractivity contribution in [2.24, 2.45) is 0 Å². The van der Waals surface area contributed by atoms with Gasteiger partial charge in [-0.1, -0.05) is 0 Å². The second-order valence-electron chi connectivity index (χ2n) is 3.70. The monoisotopic (exact) mass is 289 g/mol. The lowest BCUT2D eigenvalue weighted by molar-refractivity contribution is -0.138. The fourth-order valence-corrected chi connectivity index (χ4v) is 2.69. The molecular weight excluding hydrogens is 274 g/mol. The summed E-state index contributed by atoms with van der Waals surface area (Å²) in [5.74, 6) is -0.762. The Morgan fingerprint density at radius 1 is 1.32 bits per heavy atom. The number of hydrogen-bond donors (Lipinski definition) is 2. The molecule has 1 aromatic rings. The highest BCUT2D eigenvalue weighted by Gasteiger charge is 2.24. The molecular formula is C11H15NO6S. The largest absolute Gasteiger partial charge is 0.497 e. The zero-order valence-electron chi connectivity index (χ0n) is 10.7. The van der Waals surface area contributed by atoms with Gasteiger partial charge in [-0.2, -0.15) is 4.72 Å². The van der Waals surface area contributed by atoms with E-state index in [4.69, 9.17) is 14.6 Å². The molecule has 0 saturated heterocycles. The third-order valence-electron chi connectivity index (χ3n) is 2.36. The number of nitrogens with one attached hydrogen (secondary N) is 1. The first-order chi connectivity index (χ1) is 8.81. The van der Waals surface area contributed by atoms with Gasteiger partial charge in [0.25, 0.3) is 0 Å². The van der Waals surface area contributed by atoms with Gasteiger partial charge in [0.1, 0.15) is 22.4 Å². The van der Waals surface area contributed by atoms with E-state index >= 15 is 0 Å². The lowest BCUT2D eigenvalue weighted by Crippen LogP contribution is -2.38. The lowest BCUT2D eigenvalue weighted by Gasteiger charge is -2.13. The zero-order valence-corrected chi connectivity index (χ0v) is 11.5. The SMILES string of the molecule is COc1ccc(S(=O)(=O)N[C@H](C)C(=O)O)c(OC)c1. The quantitative estimate of drug-likeness (QED) is 0.788. The molecule has 106 valence electrons. The molecule has 0 aliphatic carbocycles. The number of ether oxygens (including phenoxy) is 2. The molecule has 7 nitrogen and oxygen atoms in total. The van der Waals surface area contributed by atoms with Crippen molar-refractivity contribution in [3.05, 3.63) is 18.2 Å². The highest BCUT2D eigenvalue weighted by Crippen LogP contribution is 2.28. The van der Waals surface area contributed by atoms with Crippen LogP contribution in [-0.2, 0) is 14.8 Å². The van der Waals surface area contributed by atoms with Crippen molar-refractivity contribution >= 4 is 16.0 Å². The Labute approximate surface area is 111 Å². The summed E-state index contributed by atoms with van der Waals surface area (Å²) in [5.41, 5.74) is 0. The minimum atomic E-state index is -3.98. The maximum absolute atomic E-state index is 12.0. The molecule has 0 fully saturated rings. The van der Waals surface area contributed by atoms with Crippen LogP contribution in [0.3, 0.4) is 0 Å². The van der Waals surface area contributed by atoms with Crippen LogP contribution in [0.4, 0.5) is 0 Å². The summed E-state index contributed by atoms with van der Waals surface area (Å²) in [6.07, 6.45) is 0. The smallest absolute Gasteiger partial charge is 0.321 e. The van der Waals surface area contributed by atoms with Crippen molar-refractivity contribution in [1.29, 1.82) is 0 Å². The third kappa shape index (κ3) is 3.58. The van der Waals surface area contributed by atoms with Crippen LogP contribution in [-0.4, -0.2) is 39.8 Å². The summed E-state index contributed by atoms with van der Waals surface area (Å²) in [7, 11) is -1.23.